The van der Waals surface area contributed by atoms with Gasteiger partial charge >= 0.3 is 0 Å². The highest BCUT2D eigenvalue weighted by Crippen LogP contribution is 2.06. The number of amidine groups is 1. The lowest BCUT2D eigenvalue weighted by Gasteiger charge is -2.02. The van der Waals surface area contributed by atoms with Gasteiger partial charge in [0.1, 0.15) is 0 Å². The van der Waals surface area contributed by atoms with Crippen molar-refractivity contribution >= 4 is 30.6 Å². The van der Waals surface area contributed by atoms with Crippen molar-refractivity contribution in [3.8, 4) is 0 Å². The molecule has 5 heteroatoms. The van der Waals surface area contributed by atoms with Crippen LogP contribution in [-0.2, 0) is 13.0 Å². The van der Waals surface area contributed by atoms with Gasteiger partial charge in [-0.25, -0.2) is 0 Å². The molecule has 86 valence electrons. The minimum absolute atomic E-state index is 0. The molecule has 0 aliphatic heterocycles. The molecule has 0 radical (unpaired) electrons. The number of aryl methyl sites for hydroxylation is 1. The standard InChI is InChI=1S/C10H15N3.2ClH/c11-7-9-3-1-2-8(6-9)4-5-10(12)13;;/h1-3,6H,4-5,7,11H2,(H3,12,13);2*1H. The molecule has 0 unspecified atom stereocenters. The molecule has 0 aromatic heterocycles. The van der Waals surface area contributed by atoms with E-state index in [0.717, 1.165) is 12.0 Å². The van der Waals surface area contributed by atoms with Crippen molar-refractivity contribution in [3.63, 3.8) is 0 Å². The molecule has 3 nitrogen and oxygen atoms in total. The van der Waals surface area contributed by atoms with Gasteiger partial charge in [0.15, 0.2) is 0 Å². The van der Waals surface area contributed by atoms with Crippen molar-refractivity contribution in [2.24, 2.45) is 11.5 Å². The maximum atomic E-state index is 7.10. The van der Waals surface area contributed by atoms with E-state index in [1.165, 1.54) is 5.56 Å². The molecule has 0 spiro atoms. The Balaban J connectivity index is 0. The number of rotatable bonds is 4. The van der Waals surface area contributed by atoms with E-state index in [1.54, 1.807) is 0 Å². The normalized spacial score (nSPS) is 8.60. The van der Waals surface area contributed by atoms with Crippen molar-refractivity contribution in [1.29, 1.82) is 5.41 Å². The number of nitrogens with one attached hydrogen (secondary N) is 1. The molecule has 0 heterocycles. The van der Waals surface area contributed by atoms with Gasteiger partial charge in [-0.1, -0.05) is 24.3 Å². The van der Waals surface area contributed by atoms with E-state index < -0.39 is 0 Å². The lowest BCUT2D eigenvalue weighted by Crippen LogP contribution is -2.10. The van der Waals surface area contributed by atoms with Gasteiger partial charge in [-0.05, 0) is 17.5 Å². The average molecular weight is 250 g/mol. The molecule has 5 N–H and O–H groups in total. The summed E-state index contributed by atoms with van der Waals surface area (Å²) in [6, 6.07) is 8.07. The van der Waals surface area contributed by atoms with Gasteiger partial charge in [0.25, 0.3) is 0 Å². The van der Waals surface area contributed by atoms with E-state index in [9.17, 15) is 0 Å². The second-order valence-corrected chi connectivity index (χ2v) is 3.05. The van der Waals surface area contributed by atoms with E-state index in [4.69, 9.17) is 16.9 Å². The van der Waals surface area contributed by atoms with Crippen LogP contribution in [0.25, 0.3) is 0 Å². The molecule has 0 bridgehead atoms. The van der Waals surface area contributed by atoms with Crippen LogP contribution in [0.5, 0.6) is 0 Å². The Morgan fingerprint density at radius 3 is 2.33 bits per heavy atom. The van der Waals surface area contributed by atoms with Crippen LogP contribution < -0.4 is 11.5 Å². The third kappa shape index (κ3) is 6.33. The Morgan fingerprint density at radius 2 is 1.80 bits per heavy atom. The monoisotopic (exact) mass is 249 g/mol. The quantitative estimate of drug-likeness (QED) is 0.563. The molecule has 1 rings (SSSR count). The van der Waals surface area contributed by atoms with Gasteiger partial charge in [0.05, 0.1) is 5.84 Å². The molecule has 0 aliphatic rings. The summed E-state index contributed by atoms with van der Waals surface area (Å²) in [7, 11) is 0. The minimum Gasteiger partial charge on any atom is -0.388 e. The van der Waals surface area contributed by atoms with Gasteiger partial charge in [-0.15, -0.1) is 24.8 Å². The van der Waals surface area contributed by atoms with Crippen LogP contribution in [0.15, 0.2) is 24.3 Å². The second-order valence-electron chi connectivity index (χ2n) is 3.05. The molecular formula is C10H17Cl2N3. The van der Waals surface area contributed by atoms with E-state index in [-0.39, 0.29) is 30.6 Å². The van der Waals surface area contributed by atoms with Crippen LogP contribution in [0, 0.1) is 5.41 Å². The highest BCUT2D eigenvalue weighted by Gasteiger charge is 1.95. The first kappa shape index (κ1) is 16.7. The predicted molar refractivity (Wildman–Crippen MR) is 69.1 cm³/mol. The average Bonchev–Trinajstić information content (AvgIpc) is 2.15. The van der Waals surface area contributed by atoms with Gasteiger partial charge in [0.2, 0.25) is 0 Å². The summed E-state index contributed by atoms with van der Waals surface area (Å²) in [5.74, 6) is 0.234. The molecule has 1 aromatic carbocycles. The number of nitrogens with two attached hydrogens (primary N) is 2. The van der Waals surface area contributed by atoms with Crippen LogP contribution in [-0.4, -0.2) is 5.84 Å². The molecule has 0 atom stereocenters. The van der Waals surface area contributed by atoms with Crippen LogP contribution >= 0.6 is 24.8 Å². The second kappa shape index (κ2) is 8.53. The van der Waals surface area contributed by atoms with Crippen molar-refractivity contribution < 1.29 is 0 Å². The van der Waals surface area contributed by atoms with Crippen LogP contribution in [0.4, 0.5) is 0 Å². The smallest absolute Gasteiger partial charge is 0.0908 e. The van der Waals surface area contributed by atoms with E-state index in [0.29, 0.717) is 13.0 Å². The fourth-order valence-electron chi connectivity index (χ4n) is 1.19. The highest BCUT2D eigenvalue weighted by molar-refractivity contribution is 5.85. The zero-order valence-electron chi connectivity index (χ0n) is 8.40. The number of hydrogen-bond donors (Lipinski definition) is 3. The number of halogens is 2. The number of hydrogen-bond acceptors (Lipinski definition) is 2. The Kier molecular flexibility index (Phi) is 9.47. The highest BCUT2D eigenvalue weighted by atomic mass is 35.5. The zero-order chi connectivity index (χ0) is 9.68. The molecule has 15 heavy (non-hydrogen) atoms. The van der Waals surface area contributed by atoms with E-state index in [2.05, 4.69) is 6.07 Å². The lowest BCUT2D eigenvalue weighted by atomic mass is 10.1. The van der Waals surface area contributed by atoms with Gasteiger partial charge in [-0.3, -0.25) is 5.41 Å². The molecule has 0 saturated carbocycles. The summed E-state index contributed by atoms with van der Waals surface area (Å²) in [6.07, 6.45) is 1.44. The van der Waals surface area contributed by atoms with Crippen LogP contribution in [0.1, 0.15) is 17.5 Å². The SMILES string of the molecule is Cl.Cl.N=C(N)CCc1cccc(CN)c1. The number of benzene rings is 1. The molecule has 0 amide bonds. The fourth-order valence-corrected chi connectivity index (χ4v) is 1.19. The van der Waals surface area contributed by atoms with Crippen molar-refractivity contribution in [1.82, 2.24) is 0 Å². The molecule has 1 aromatic rings. The van der Waals surface area contributed by atoms with Gasteiger partial charge < -0.3 is 11.5 Å². The molecule has 0 fully saturated rings. The summed E-state index contributed by atoms with van der Waals surface area (Å²) in [6.45, 7) is 0.563. The summed E-state index contributed by atoms with van der Waals surface area (Å²) in [4.78, 5) is 0. The zero-order valence-corrected chi connectivity index (χ0v) is 10.0. The van der Waals surface area contributed by atoms with Crippen molar-refractivity contribution in [2.75, 3.05) is 0 Å². The third-order valence-corrected chi connectivity index (χ3v) is 1.91. The summed E-state index contributed by atoms with van der Waals surface area (Å²) >= 11 is 0. The summed E-state index contributed by atoms with van der Waals surface area (Å²) in [5.41, 5.74) is 13.1. The topological polar surface area (TPSA) is 75.9 Å². The first-order chi connectivity index (χ1) is 6.22. The largest absolute Gasteiger partial charge is 0.388 e. The third-order valence-electron chi connectivity index (χ3n) is 1.91. The first-order valence-corrected chi connectivity index (χ1v) is 4.33. The predicted octanol–water partition coefficient (Wildman–Crippen LogP) is 1.86. The maximum absolute atomic E-state index is 7.10. The van der Waals surface area contributed by atoms with Gasteiger partial charge in [0, 0.05) is 13.0 Å². The Bertz CT molecular complexity index is 302. The van der Waals surface area contributed by atoms with E-state index in [1.807, 2.05) is 18.2 Å². The van der Waals surface area contributed by atoms with Crippen LogP contribution in [0.2, 0.25) is 0 Å². The Morgan fingerprint density at radius 1 is 1.20 bits per heavy atom. The maximum Gasteiger partial charge on any atom is 0.0908 e. The Hall–Kier alpha value is -0.770. The minimum atomic E-state index is 0. The first-order valence-electron chi connectivity index (χ1n) is 4.33. The van der Waals surface area contributed by atoms with Gasteiger partial charge in [-0.2, -0.15) is 0 Å². The summed E-state index contributed by atoms with van der Waals surface area (Å²) < 4.78 is 0. The molecule has 0 saturated heterocycles. The summed E-state index contributed by atoms with van der Waals surface area (Å²) in [5, 5.41) is 7.10. The molecular weight excluding hydrogens is 233 g/mol. The van der Waals surface area contributed by atoms with E-state index >= 15 is 0 Å². The Labute approximate surface area is 103 Å². The fraction of sp³-hybridized carbons (Fsp3) is 0.300. The van der Waals surface area contributed by atoms with Crippen molar-refractivity contribution in [3.05, 3.63) is 35.4 Å². The van der Waals surface area contributed by atoms with Crippen molar-refractivity contribution in [2.45, 2.75) is 19.4 Å². The molecule has 0 aliphatic carbocycles. The lowest BCUT2D eigenvalue weighted by molar-refractivity contribution is 0.997. The van der Waals surface area contributed by atoms with Crippen LogP contribution in [0.3, 0.4) is 0 Å².